The van der Waals surface area contributed by atoms with E-state index >= 15 is 0 Å². The number of benzene rings is 3. The Hall–Kier alpha value is -7.02. The van der Waals surface area contributed by atoms with Crippen molar-refractivity contribution in [1.82, 2.24) is 35.3 Å². The maximum Gasteiger partial charge on any atom is 0.262 e. The third-order valence-electron chi connectivity index (χ3n) is 11.9. The Kier molecular flexibility index (Phi) is 14.0. The lowest BCUT2D eigenvalue weighted by Crippen LogP contribution is -2.54. The molecule has 0 radical (unpaired) electrons. The Morgan fingerprint density at radius 3 is 2.34 bits per heavy atom. The van der Waals surface area contributed by atoms with E-state index in [2.05, 4.69) is 31.2 Å². The first kappa shape index (κ1) is 46.5. The van der Waals surface area contributed by atoms with Crippen molar-refractivity contribution in [3.8, 4) is 17.0 Å². The summed E-state index contributed by atoms with van der Waals surface area (Å²) in [4.78, 5) is 98.1. The molecule has 3 aliphatic heterocycles. The predicted molar refractivity (Wildman–Crippen MR) is 248 cm³/mol. The molecule has 0 saturated carbocycles. The highest BCUT2D eigenvalue weighted by molar-refractivity contribution is 7.14. The molecule has 2 fully saturated rings. The normalized spacial score (nSPS) is 17.2. The van der Waals surface area contributed by atoms with E-state index in [-0.39, 0.29) is 54.7 Å². The summed E-state index contributed by atoms with van der Waals surface area (Å²) >= 11 is 1.29. The molecule has 17 nitrogen and oxygen atoms in total. The topological polar surface area (TPSA) is 210 Å². The van der Waals surface area contributed by atoms with Crippen molar-refractivity contribution >= 4 is 57.8 Å². The Labute approximate surface area is 391 Å². The van der Waals surface area contributed by atoms with Gasteiger partial charge in [0.2, 0.25) is 11.8 Å². The number of nitrogens with one attached hydrogen (secondary N) is 4. The lowest BCUT2D eigenvalue weighted by atomic mass is 10.0. The summed E-state index contributed by atoms with van der Waals surface area (Å²) in [6.07, 6.45) is 5.19. The summed E-state index contributed by atoms with van der Waals surface area (Å²) in [5.41, 5.74) is 3.45. The average molecular weight is 929 g/mol. The number of carbonyl (C=O) groups is 7. The van der Waals surface area contributed by atoms with Crippen LogP contribution < -0.4 is 26.0 Å². The number of amides is 7. The first-order chi connectivity index (χ1) is 32.2. The van der Waals surface area contributed by atoms with Crippen LogP contribution in [0.25, 0.3) is 11.3 Å². The largest absolute Gasteiger partial charge is 0.492 e. The van der Waals surface area contributed by atoms with Gasteiger partial charge in [-0.2, -0.15) is 0 Å². The first-order valence-electron chi connectivity index (χ1n) is 22.2. The van der Waals surface area contributed by atoms with Crippen LogP contribution in [-0.4, -0.2) is 112 Å². The van der Waals surface area contributed by atoms with Crippen molar-refractivity contribution in [2.24, 2.45) is 0 Å². The number of rotatable bonds is 16. The molecule has 5 aromatic rings. The molecule has 8 rings (SSSR count). The first-order valence-corrected chi connectivity index (χ1v) is 23.1. The maximum atomic E-state index is 13.6. The number of piperidine rings is 2. The Bertz CT molecular complexity index is 2670. The van der Waals surface area contributed by atoms with Gasteiger partial charge in [-0.05, 0) is 82.0 Å². The second kappa shape index (κ2) is 20.2. The zero-order valence-electron chi connectivity index (χ0n) is 37.4. The molecule has 5 heterocycles. The monoisotopic (exact) mass is 928 g/mol. The van der Waals surface area contributed by atoms with E-state index in [1.54, 1.807) is 42.6 Å². The van der Waals surface area contributed by atoms with Gasteiger partial charge in [0.15, 0.2) is 5.13 Å². The number of likely N-dealkylation sites (tertiary alicyclic amines) is 1. The number of imide groups is 2. The fraction of sp³-hybridized carbons (Fsp3) is 0.347. The molecule has 3 aromatic carbocycles. The number of nitrogens with zero attached hydrogens (tertiary/aromatic N) is 4. The highest BCUT2D eigenvalue weighted by Crippen LogP contribution is 2.31. The van der Waals surface area contributed by atoms with Crippen molar-refractivity contribution in [2.45, 2.75) is 76.7 Å². The molecule has 0 spiro atoms. The van der Waals surface area contributed by atoms with Crippen LogP contribution in [0.3, 0.4) is 0 Å². The van der Waals surface area contributed by atoms with E-state index in [0.717, 1.165) is 47.7 Å². The van der Waals surface area contributed by atoms with Crippen LogP contribution in [0, 0.1) is 0 Å². The molecule has 348 valence electrons. The summed E-state index contributed by atoms with van der Waals surface area (Å²) in [7, 11) is 0. The Morgan fingerprint density at radius 2 is 1.63 bits per heavy atom. The zero-order valence-corrected chi connectivity index (χ0v) is 38.2. The van der Waals surface area contributed by atoms with E-state index in [1.165, 1.54) is 23.5 Å². The van der Waals surface area contributed by atoms with Crippen LogP contribution in [-0.2, 0) is 31.3 Å². The molecule has 0 aliphatic carbocycles. The molecule has 3 aliphatic rings. The third kappa shape index (κ3) is 11.2. The molecular formula is C49H52N8O9S. The number of hydrogen-bond acceptors (Lipinski definition) is 12. The number of carbonyl (C=O) groups excluding carboxylic acids is 7. The number of aromatic nitrogens is 2. The van der Waals surface area contributed by atoms with Crippen LogP contribution in [0.15, 0.2) is 96.6 Å². The lowest BCUT2D eigenvalue weighted by molar-refractivity contribution is -0.136. The molecular weight excluding hydrogens is 877 g/mol. The van der Waals surface area contributed by atoms with Gasteiger partial charge in [-0.3, -0.25) is 48.7 Å². The molecule has 18 heteroatoms. The van der Waals surface area contributed by atoms with Crippen molar-refractivity contribution < 1.29 is 43.0 Å². The number of ether oxygens (including phenoxy) is 2. The smallest absolute Gasteiger partial charge is 0.262 e. The number of anilines is 1. The summed E-state index contributed by atoms with van der Waals surface area (Å²) < 4.78 is 13.9. The quantitative estimate of drug-likeness (QED) is 0.0969. The summed E-state index contributed by atoms with van der Waals surface area (Å²) in [5.74, 6) is -2.90. The van der Waals surface area contributed by atoms with Crippen LogP contribution >= 0.6 is 11.3 Å². The van der Waals surface area contributed by atoms with Gasteiger partial charge < -0.3 is 30.0 Å². The summed E-state index contributed by atoms with van der Waals surface area (Å²) in [6.45, 7) is 8.53. The summed E-state index contributed by atoms with van der Waals surface area (Å²) in [5, 5.41) is 13.3. The Balaban J connectivity index is 0.782. The van der Waals surface area contributed by atoms with Gasteiger partial charge in [-0.15, -0.1) is 11.3 Å². The van der Waals surface area contributed by atoms with Crippen molar-refractivity contribution in [2.75, 3.05) is 38.2 Å². The van der Waals surface area contributed by atoms with Crippen molar-refractivity contribution in [3.63, 3.8) is 0 Å². The fourth-order valence-corrected chi connectivity index (χ4v) is 8.81. The number of thiazole rings is 1. The van der Waals surface area contributed by atoms with Gasteiger partial charge in [0.1, 0.15) is 24.4 Å². The van der Waals surface area contributed by atoms with Gasteiger partial charge in [0.25, 0.3) is 29.5 Å². The molecule has 0 bridgehead atoms. The lowest BCUT2D eigenvalue weighted by Gasteiger charge is -2.32. The minimum absolute atomic E-state index is 0.0140. The summed E-state index contributed by atoms with van der Waals surface area (Å²) in [6, 6.07) is 21.0. The second-order valence-electron chi connectivity index (χ2n) is 17.7. The highest BCUT2D eigenvalue weighted by Gasteiger charge is 2.44. The van der Waals surface area contributed by atoms with Gasteiger partial charge in [0.05, 0.1) is 35.6 Å². The van der Waals surface area contributed by atoms with E-state index in [0.29, 0.717) is 35.2 Å². The number of hydrogen-bond donors (Lipinski definition) is 4. The van der Waals surface area contributed by atoms with Crippen LogP contribution in [0.2, 0.25) is 0 Å². The van der Waals surface area contributed by atoms with Gasteiger partial charge in [-0.1, -0.05) is 42.5 Å². The van der Waals surface area contributed by atoms with Crippen LogP contribution in [0.5, 0.6) is 5.75 Å². The molecule has 2 saturated heterocycles. The standard InChI is InChI=1S/C49H52N8O9S/c1-49(2,3)56-22-17-33(26-56)43(60)51-38(44(61)54-48-52-39(29-67-48)31-7-5-4-6-8-31)28-65-27-30-9-11-32(12-10-30)42(59)50-34-18-20-55(21-19-34)23-24-66-35-13-14-36-37(25-35)47(64)57(46(36)63)40-15-16-41(58)53-45(40)62/h4-14,17,22,25-26,29,34,38,40H,15-16,18-21,23-24,27-28H2,1-3H3,(H,50,59)(H,51,60)(H,52,54,61)(H,53,58,62)/t38-,40?/m0/s1. The molecule has 67 heavy (non-hydrogen) atoms. The number of fused-ring (bicyclic) bond motifs is 1. The molecule has 7 amide bonds. The van der Waals surface area contributed by atoms with Gasteiger partial charge in [-0.25, -0.2) is 4.98 Å². The van der Waals surface area contributed by atoms with E-state index in [4.69, 9.17) is 9.47 Å². The van der Waals surface area contributed by atoms with Crippen LogP contribution in [0.1, 0.15) is 93.4 Å². The molecule has 1 unspecified atom stereocenters. The highest BCUT2D eigenvalue weighted by atomic mass is 32.1. The van der Waals surface area contributed by atoms with Gasteiger partial charge in [0, 0.05) is 66.5 Å². The van der Waals surface area contributed by atoms with Crippen LogP contribution in [0.4, 0.5) is 5.13 Å². The second-order valence-corrected chi connectivity index (χ2v) is 18.6. The zero-order chi connectivity index (χ0) is 47.2. The van der Waals surface area contributed by atoms with E-state index in [9.17, 15) is 33.6 Å². The minimum Gasteiger partial charge on any atom is -0.492 e. The maximum absolute atomic E-state index is 13.6. The van der Waals surface area contributed by atoms with E-state index < -0.39 is 47.5 Å². The molecule has 2 atom stereocenters. The average Bonchev–Trinajstić information content (AvgIpc) is 4.07. The predicted octanol–water partition coefficient (Wildman–Crippen LogP) is 4.99. The van der Waals surface area contributed by atoms with Gasteiger partial charge >= 0.3 is 0 Å². The Morgan fingerprint density at radius 1 is 0.881 bits per heavy atom. The van der Waals surface area contributed by atoms with Crippen molar-refractivity contribution in [3.05, 3.63) is 124 Å². The third-order valence-corrected chi connectivity index (χ3v) is 12.7. The molecule has 2 aromatic heterocycles. The minimum atomic E-state index is -1.04. The van der Waals surface area contributed by atoms with Crippen molar-refractivity contribution in [1.29, 1.82) is 0 Å². The van der Waals surface area contributed by atoms with E-state index in [1.807, 2.05) is 67.2 Å². The fourth-order valence-electron chi connectivity index (χ4n) is 8.09. The SMILES string of the molecule is CC(C)(C)n1ccc(C(=O)N[C@@H](COCc2ccc(C(=O)NC3CCN(CCOc4ccc5c(c4)C(=O)N(C4CCC(=O)NC4=O)C5=O)CC3)cc2)C(=O)Nc2nc(-c3ccccc3)cs2)c1. The molecule has 4 N–H and O–H groups in total.